The third-order valence-electron chi connectivity index (χ3n) is 3.33. The van der Waals surface area contributed by atoms with E-state index in [1.165, 1.54) is 6.07 Å². The fraction of sp³-hybridized carbons (Fsp3) is 0.462. The zero-order valence-electron chi connectivity index (χ0n) is 10.4. The number of carbonyl (C=O) groups excluding carboxylic acids is 1. The Hall–Kier alpha value is -1.72. The van der Waals surface area contributed by atoms with Gasteiger partial charge in [-0.15, -0.1) is 0 Å². The van der Waals surface area contributed by atoms with Crippen LogP contribution in [0.2, 0.25) is 0 Å². The van der Waals surface area contributed by atoms with E-state index in [9.17, 15) is 23.1 Å². The molecule has 1 aromatic carbocycles. The normalized spacial score (nSPS) is 19.8. The van der Waals surface area contributed by atoms with E-state index in [1.54, 1.807) is 19.1 Å². The molecule has 0 saturated carbocycles. The number of carbonyl (C=O) groups is 1. The lowest BCUT2D eigenvalue weighted by molar-refractivity contribution is -0.185. The first-order chi connectivity index (χ1) is 8.79. The molecule has 104 valence electrons. The number of hydrogen-bond donors (Lipinski definition) is 1. The van der Waals surface area contributed by atoms with Crippen LogP contribution in [0.5, 0.6) is 5.75 Å². The Morgan fingerprint density at radius 2 is 2.11 bits per heavy atom. The molecule has 0 aromatic heterocycles. The van der Waals surface area contributed by atoms with Crippen LogP contribution in [0.15, 0.2) is 18.2 Å². The Labute approximate surface area is 108 Å². The van der Waals surface area contributed by atoms with E-state index in [4.69, 9.17) is 0 Å². The zero-order valence-corrected chi connectivity index (χ0v) is 10.4. The molecule has 1 amide bonds. The molecular formula is C13H14F3NO2. The maximum atomic E-state index is 12.5. The number of alkyl halides is 3. The molecule has 2 rings (SSSR count). The minimum absolute atomic E-state index is 0.0130. The molecule has 0 saturated heterocycles. The van der Waals surface area contributed by atoms with Gasteiger partial charge in [-0.25, -0.2) is 0 Å². The number of benzene rings is 1. The number of halogens is 3. The number of phenolic OH excluding ortho intramolecular Hbond substituents is 1. The van der Waals surface area contributed by atoms with Crippen molar-refractivity contribution in [3.8, 4) is 5.75 Å². The fourth-order valence-electron chi connectivity index (χ4n) is 2.43. The van der Waals surface area contributed by atoms with E-state index >= 15 is 0 Å². The van der Waals surface area contributed by atoms with E-state index in [0.717, 1.165) is 16.0 Å². The van der Waals surface area contributed by atoms with Crippen LogP contribution in [-0.4, -0.2) is 35.2 Å². The molecule has 1 aromatic rings. The summed E-state index contributed by atoms with van der Waals surface area (Å²) in [6.45, 7) is 1.83. The third-order valence-corrected chi connectivity index (χ3v) is 3.33. The molecule has 6 heteroatoms. The summed E-state index contributed by atoms with van der Waals surface area (Å²) in [5, 5.41) is 9.41. The highest BCUT2D eigenvalue weighted by Crippen LogP contribution is 2.29. The summed E-state index contributed by atoms with van der Waals surface area (Å²) in [7, 11) is 0. The number of amides is 1. The van der Waals surface area contributed by atoms with Gasteiger partial charge in [0.05, 0.1) is 0 Å². The van der Waals surface area contributed by atoms with Crippen molar-refractivity contribution in [3.63, 3.8) is 0 Å². The molecule has 1 N–H and O–H groups in total. The minimum Gasteiger partial charge on any atom is -0.508 e. The second-order valence-corrected chi connectivity index (χ2v) is 4.78. The average molecular weight is 273 g/mol. The minimum atomic E-state index is -4.83. The lowest BCUT2D eigenvalue weighted by Gasteiger charge is -2.23. The van der Waals surface area contributed by atoms with Gasteiger partial charge in [-0.3, -0.25) is 4.79 Å². The maximum absolute atomic E-state index is 12.5. The van der Waals surface area contributed by atoms with Gasteiger partial charge in [0.2, 0.25) is 0 Å². The van der Waals surface area contributed by atoms with Crippen LogP contribution in [0.3, 0.4) is 0 Å². The highest BCUT2D eigenvalue weighted by molar-refractivity contribution is 5.82. The van der Waals surface area contributed by atoms with Gasteiger partial charge < -0.3 is 10.0 Å². The summed E-state index contributed by atoms with van der Waals surface area (Å²) in [6.07, 6.45) is -4.52. The van der Waals surface area contributed by atoms with Crippen LogP contribution < -0.4 is 0 Å². The van der Waals surface area contributed by atoms with Crippen molar-refractivity contribution < 1.29 is 23.1 Å². The van der Waals surface area contributed by atoms with E-state index in [1.807, 2.05) is 0 Å². The van der Waals surface area contributed by atoms with Gasteiger partial charge in [0.1, 0.15) is 5.75 Å². The molecule has 1 heterocycles. The van der Waals surface area contributed by atoms with Crippen molar-refractivity contribution in [1.29, 1.82) is 0 Å². The van der Waals surface area contributed by atoms with Crippen molar-refractivity contribution in [1.82, 2.24) is 4.90 Å². The topological polar surface area (TPSA) is 40.5 Å². The van der Waals surface area contributed by atoms with Crippen molar-refractivity contribution in [3.05, 3.63) is 29.3 Å². The Bertz CT molecular complexity index is 499. The summed E-state index contributed by atoms with van der Waals surface area (Å²) in [6, 6.07) is 4.76. The molecule has 0 bridgehead atoms. The van der Waals surface area contributed by atoms with Gasteiger partial charge in [0.15, 0.2) is 0 Å². The smallest absolute Gasteiger partial charge is 0.471 e. The number of aromatic hydroxyl groups is 1. The van der Waals surface area contributed by atoms with E-state index in [-0.39, 0.29) is 24.8 Å². The van der Waals surface area contributed by atoms with E-state index in [2.05, 4.69) is 0 Å². The van der Waals surface area contributed by atoms with Gasteiger partial charge in [-0.05, 0) is 35.6 Å². The largest absolute Gasteiger partial charge is 0.508 e. The molecule has 1 atom stereocenters. The van der Waals surface area contributed by atoms with Gasteiger partial charge >= 0.3 is 12.1 Å². The van der Waals surface area contributed by atoms with Crippen LogP contribution >= 0.6 is 0 Å². The monoisotopic (exact) mass is 273 g/mol. The first kappa shape index (κ1) is 13.7. The summed E-state index contributed by atoms with van der Waals surface area (Å²) >= 11 is 0. The molecule has 0 fully saturated rings. The van der Waals surface area contributed by atoms with Crippen LogP contribution in [-0.2, 0) is 11.2 Å². The molecular weight excluding hydrogens is 259 g/mol. The Morgan fingerprint density at radius 1 is 1.42 bits per heavy atom. The zero-order chi connectivity index (χ0) is 14.2. The van der Waals surface area contributed by atoms with Crippen LogP contribution in [0.4, 0.5) is 13.2 Å². The lowest BCUT2D eigenvalue weighted by Crippen LogP contribution is -2.42. The van der Waals surface area contributed by atoms with Crippen LogP contribution in [0.1, 0.15) is 24.0 Å². The first-order valence-electron chi connectivity index (χ1n) is 5.97. The Kier molecular flexibility index (Phi) is 3.43. The third kappa shape index (κ3) is 2.83. The Balaban J connectivity index is 2.25. The quantitative estimate of drug-likeness (QED) is 0.788. The number of fused-ring (bicyclic) bond motifs is 1. The Morgan fingerprint density at radius 3 is 2.74 bits per heavy atom. The summed E-state index contributed by atoms with van der Waals surface area (Å²) in [5.74, 6) is -1.90. The van der Waals surface area contributed by atoms with Crippen molar-refractivity contribution >= 4 is 5.91 Å². The second-order valence-electron chi connectivity index (χ2n) is 4.78. The number of rotatable bonds is 0. The molecule has 1 unspecified atom stereocenters. The van der Waals surface area contributed by atoms with Crippen molar-refractivity contribution in [2.75, 3.05) is 13.1 Å². The van der Waals surface area contributed by atoms with Gasteiger partial charge in [0.25, 0.3) is 0 Å². The molecule has 1 aliphatic heterocycles. The highest BCUT2D eigenvalue weighted by Gasteiger charge is 2.43. The summed E-state index contributed by atoms with van der Waals surface area (Å²) in [5.41, 5.74) is 1.68. The van der Waals surface area contributed by atoms with Crippen molar-refractivity contribution in [2.24, 2.45) is 0 Å². The average Bonchev–Trinajstić information content (AvgIpc) is 2.46. The SMILES string of the molecule is CC1CN(C(=O)C(F)(F)F)CCc2cc(O)ccc21. The molecule has 0 radical (unpaired) electrons. The van der Waals surface area contributed by atoms with Crippen LogP contribution in [0.25, 0.3) is 0 Å². The molecule has 3 nitrogen and oxygen atoms in total. The fourth-order valence-corrected chi connectivity index (χ4v) is 2.43. The van der Waals surface area contributed by atoms with E-state index < -0.39 is 12.1 Å². The standard InChI is InChI=1S/C13H14F3NO2/c1-8-7-17(12(19)13(14,15)16)5-4-9-6-10(18)2-3-11(8)9/h2-3,6,8,18H,4-5,7H2,1H3. The lowest BCUT2D eigenvalue weighted by atomic mass is 9.95. The summed E-state index contributed by atoms with van der Waals surface area (Å²) in [4.78, 5) is 12.1. The molecule has 0 aliphatic carbocycles. The van der Waals surface area contributed by atoms with Gasteiger partial charge in [-0.2, -0.15) is 13.2 Å². The highest BCUT2D eigenvalue weighted by atomic mass is 19.4. The summed E-state index contributed by atoms with van der Waals surface area (Å²) < 4.78 is 37.4. The molecule has 1 aliphatic rings. The maximum Gasteiger partial charge on any atom is 0.471 e. The first-order valence-corrected chi connectivity index (χ1v) is 5.97. The van der Waals surface area contributed by atoms with Gasteiger partial charge in [0, 0.05) is 13.1 Å². The van der Waals surface area contributed by atoms with E-state index in [0.29, 0.717) is 6.42 Å². The second kappa shape index (κ2) is 4.75. The van der Waals surface area contributed by atoms with Crippen molar-refractivity contribution in [2.45, 2.75) is 25.4 Å². The number of hydrogen-bond acceptors (Lipinski definition) is 2. The molecule has 0 spiro atoms. The number of phenols is 1. The predicted molar refractivity (Wildman–Crippen MR) is 62.9 cm³/mol. The predicted octanol–water partition coefficient (Wildman–Crippen LogP) is 2.44. The molecule has 19 heavy (non-hydrogen) atoms. The van der Waals surface area contributed by atoms with Gasteiger partial charge in [-0.1, -0.05) is 13.0 Å². The van der Waals surface area contributed by atoms with Crippen LogP contribution in [0, 0.1) is 0 Å². The number of nitrogens with zero attached hydrogens (tertiary/aromatic N) is 1.